The third kappa shape index (κ3) is 2.24. The van der Waals surface area contributed by atoms with E-state index in [1.807, 2.05) is 12.1 Å². The van der Waals surface area contributed by atoms with Crippen molar-refractivity contribution in [2.45, 2.75) is 0 Å². The molecule has 0 saturated carbocycles. The van der Waals surface area contributed by atoms with Gasteiger partial charge >= 0.3 is 0 Å². The number of amides is 1. The van der Waals surface area contributed by atoms with Crippen molar-refractivity contribution in [3.63, 3.8) is 0 Å². The number of carbonyl (C=O) groups is 1. The molecule has 0 aliphatic heterocycles. The fourth-order valence-corrected chi connectivity index (χ4v) is 1.95. The van der Waals surface area contributed by atoms with Crippen LogP contribution in [0.25, 0.3) is 11.3 Å². The second-order valence-electron chi connectivity index (χ2n) is 4.55. The van der Waals surface area contributed by atoms with Crippen LogP contribution in [0.1, 0.15) is 10.4 Å². The van der Waals surface area contributed by atoms with Crippen LogP contribution >= 0.6 is 0 Å². The third-order valence-corrected chi connectivity index (χ3v) is 2.88. The Balaban J connectivity index is 2.63. The molecule has 19 heavy (non-hydrogen) atoms. The van der Waals surface area contributed by atoms with E-state index < -0.39 is 0 Å². The predicted octanol–water partition coefficient (Wildman–Crippen LogP) is 0.953. The molecule has 4 N–H and O–H groups in total. The molecule has 1 aromatic heterocycles. The second kappa shape index (κ2) is 4.64. The van der Waals surface area contributed by atoms with Crippen LogP contribution in [0, 0.1) is 0 Å². The van der Waals surface area contributed by atoms with Gasteiger partial charge in [-0.1, -0.05) is 12.1 Å². The molecule has 6 heteroatoms. The third-order valence-electron chi connectivity index (χ3n) is 2.88. The molecule has 0 radical (unpaired) electrons. The number of nitrogens with two attached hydrogens (primary N) is 2. The van der Waals surface area contributed by atoms with Crippen LogP contribution in [0.15, 0.2) is 24.3 Å². The van der Waals surface area contributed by atoms with Crippen molar-refractivity contribution in [3.05, 3.63) is 29.8 Å². The Labute approximate surface area is 111 Å². The SMILES string of the molecule is CN(C)C(=O)c1c(N)nn(C)c1-c1ccc(N)cc1. The van der Waals surface area contributed by atoms with Crippen LogP contribution in [0.3, 0.4) is 0 Å². The molecule has 0 aliphatic rings. The van der Waals surface area contributed by atoms with Gasteiger partial charge in [-0.3, -0.25) is 9.48 Å². The normalized spacial score (nSPS) is 10.5. The lowest BCUT2D eigenvalue weighted by Crippen LogP contribution is -2.23. The van der Waals surface area contributed by atoms with E-state index in [4.69, 9.17) is 11.5 Å². The van der Waals surface area contributed by atoms with Crippen LogP contribution in [-0.2, 0) is 7.05 Å². The number of aryl methyl sites for hydroxylation is 1. The summed E-state index contributed by atoms with van der Waals surface area (Å²) in [6, 6.07) is 7.25. The summed E-state index contributed by atoms with van der Waals surface area (Å²) in [6.07, 6.45) is 0. The lowest BCUT2D eigenvalue weighted by molar-refractivity contribution is 0.0829. The van der Waals surface area contributed by atoms with Gasteiger partial charge in [-0.2, -0.15) is 5.10 Å². The van der Waals surface area contributed by atoms with Crippen molar-refractivity contribution in [2.24, 2.45) is 7.05 Å². The van der Waals surface area contributed by atoms with E-state index in [2.05, 4.69) is 5.10 Å². The summed E-state index contributed by atoms with van der Waals surface area (Å²) in [7, 11) is 5.12. The van der Waals surface area contributed by atoms with Gasteiger partial charge in [0.15, 0.2) is 5.82 Å². The maximum atomic E-state index is 12.2. The molecule has 1 heterocycles. The molecule has 2 aromatic rings. The summed E-state index contributed by atoms with van der Waals surface area (Å²) < 4.78 is 1.61. The molecule has 1 amide bonds. The number of nitrogen functional groups attached to an aromatic ring is 2. The minimum atomic E-state index is -0.169. The van der Waals surface area contributed by atoms with E-state index >= 15 is 0 Å². The zero-order chi connectivity index (χ0) is 14.2. The number of hydrogen-bond donors (Lipinski definition) is 2. The highest BCUT2D eigenvalue weighted by molar-refractivity contribution is 6.04. The number of benzene rings is 1. The van der Waals surface area contributed by atoms with Gasteiger partial charge < -0.3 is 16.4 Å². The van der Waals surface area contributed by atoms with E-state index in [1.165, 1.54) is 4.90 Å². The van der Waals surface area contributed by atoms with Crippen molar-refractivity contribution in [1.82, 2.24) is 14.7 Å². The highest BCUT2D eigenvalue weighted by atomic mass is 16.2. The van der Waals surface area contributed by atoms with Gasteiger partial charge in [0.2, 0.25) is 0 Å². The van der Waals surface area contributed by atoms with Gasteiger partial charge in [0, 0.05) is 32.4 Å². The first-order chi connectivity index (χ1) is 8.91. The monoisotopic (exact) mass is 259 g/mol. The summed E-state index contributed by atoms with van der Waals surface area (Å²) in [5.41, 5.74) is 14.1. The van der Waals surface area contributed by atoms with Crippen molar-refractivity contribution >= 4 is 17.4 Å². The Morgan fingerprint density at radius 2 is 1.79 bits per heavy atom. The number of rotatable bonds is 2. The number of aromatic nitrogens is 2. The lowest BCUT2D eigenvalue weighted by Gasteiger charge is -2.12. The molecule has 0 atom stereocenters. The number of carbonyl (C=O) groups excluding carboxylic acids is 1. The van der Waals surface area contributed by atoms with E-state index in [9.17, 15) is 4.79 Å². The van der Waals surface area contributed by atoms with Crippen molar-refractivity contribution in [2.75, 3.05) is 25.6 Å². The topological polar surface area (TPSA) is 90.2 Å². The predicted molar refractivity (Wildman–Crippen MR) is 75.5 cm³/mol. The standard InChI is InChI=1S/C13H17N5O/c1-17(2)13(19)10-11(18(3)16-12(10)15)8-4-6-9(14)7-5-8/h4-7H,14H2,1-3H3,(H2,15,16). The van der Waals surface area contributed by atoms with E-state index in [1.54, 1.807) is 38.0 Å². The van der Waals surface area contributed by atoms with Crippen molar-refractivity contribution in [3.8, 4) is 11.3 Å². The van der Waals surface area contributed by atoms with Gasteiger partial charge in [-0.15, -0.1) is 0 Å². The average Bonchev–Trinajstić information content (AvgIpc) is 2.64. The molecule has 2 rings (SSSR count). The fraction of sp³-hybridized carbons (Fsp3) is 0.231. The molecule has 1 aromatic carbocycles. The van der Waals surface area contributed by atoms with Gasteiger partial charge in [-0.05, 0) is 12.1 Å². The maximum Gasteiger partial charge on any atom is 0.259 e. The first-order valence-electron chi connectivity index (χ1n) is 5.82. The first kappa shape index (κ1) is 12.9. The fourth-order valence-electron chi connectivity index (χ4n) is 1.95. The largest absolute Gasteiger partial charge is 0.399 e. The van der Waals surface area contributed by atoms with Gasteiger partial charge in [0.1, 0.15) is 5.56 Å². The lowest BCUT2D eigenvalue weighted by atomic mass is 10.1. The molecule has 0 bridgehead atoms. The quantitative estimate of drug-likeness (QED) is 0.786. The summed E-state index contributed by atoms with van der Waals surface area (Å²) >= 11 is 0. The molecule has 0 unspecified atom stereocenters. The van der Waals surface area contributed by atoms with E-state index in [-0.39, 0.29) is 11.7 Å². The van der Waals surface area contributed by atoms with Crippen LogP contribution in [0.4, 0.5) is 11.5 Å². The minimum absolute atomic E-state index is 0.169. The number of nitrogens with zero attached hydrogens (tertiary/aromatic N) is 3. The molecular formula is C13H17N5O. The number of hydrogen-bond acceptors (Lipinski definition) is 4. The highest BCUT2D eigenvalue weighted by Gasteiger charge is 2.23. The van der Waals surface area contributed by atoms with Gasteiger partial charge in [-0.25, -0.2) is 0 Å². The smallest absolute Gasteiger partial charge is 0.259 e. The van der Waals surface area contributed by atoms with Crippen LogP contribution in [0.2, 0.25) is 0 Å². The van der Waals surface area contributed by atoms with Crippen LogP contribution in [0.5, 0.6) is 0 Å². The summed E-state index contributed by atoms with van der Waals surface area (Å²) in [4.78, 5) is 13.7. The van der Waals surface area contributed by atoms with Crippen molar-refractivity contribution in [1.29, 1.82) is 0 Å². The molecule has 0 fully saturated rings. The highest BCUT2D eigenvalue weighted by Crippen LogP contribution is 2.28. The van der Waals surface area contributed by atoms with Crippen molar-refractivity contribution < 1.29 is 4.79 Å². The van der Waals surface area contributed by atoms with E-state index in [0.717, 1.165) is 5.56 Å². The zero-order valence-corrected chi connectivity index (χ0v) is 11.2. The van der Waals surface area contributed by atoms with Crippen LogP contribution < -0.4 is 11.5 Å². The summed E-state index contributed by atoms with van der Waals surface area (Å²) in [5.74, 6) is 0.0606. The second-order valence-corrected chi connectivity index (χ2v) is 4.55. The van der Waals surface area contributed by atoms with E-state index in [0.29, 0.717) is 16.9 Å². The summed E-state index contributed by atoms with van der Waals surface area (Å²) in [6.45, 7) is 0. The Hall–Kier alpha value is -2.50. The molecule has 0 aliphatic carbocycles. The average molecular weight is 259 g/mol. The number of anilines is 2. The summed E-state index contributed by atoms with van der Waals surface area (Å²) in [5, 5.41) is 4.13. The zero-order valence-electron chi connectivity index (χ0n) is 11.2. The minimum Gasteiger partial charge on any atom is -0.399 e. The molecular weight excluding hydrogens is 242 g/mol. The van der Waals surface area contributed by atoms with Gasteiger partial charge in [0.25, 0.3) is 5.91 Å². The van der Waals surface area contributed by atoms with Crippen LogP contribution in [-0.4, -0.2) is 34.7 Å². The maximum absolute atomic E-state index is 12.2. The molecule has 6 nitrogen and oxygen atoms in total. The molecule has 0 saturated heterocycles. The molecule has 0 spiro atoms. The Bertz CT molecular complexity index is 613. The first-order valence-corrected chi connectivity index (χ1v) is 5.82. The Kier molecular flexibility index (Phi) is 3.16. The Morgan fingerprint density at radius 3 is 2.32 bits per heavy atom. The Morgan fingerprint density at radius 1 is 1.21 bits per heavy atom. The molecule has 100 valence electrons. The van der Waals surface area contributed by atoms with Gasteiger partial charge in [0.05, 0.1) is 5.69 Å².